The molecule has 1 aromatic rings. The standard InChI is InChI=1S/C17H23N3O3/c1-4-17(5-2)15(22)20(16(23)19-17)11-14(21)18-12(3)13-9-7-6-8-10-13/h6-10,12H,4-5,11H2,1-3H3,(H,18,21)(H,19,23)/t12-/m0/s1. The topological polar surface area (TPSA) is 78.5 Å². The van der Waals surface area contributed by atoms with Crippen molar-refractivity contribution in [3.05, 3.63) is 35.9 Å². The lowest BCUT2D eigenvalue weighted by atomic mass is 9.93. The van der Waals surface area contributed by atoms with Crippen LogP contribution in [0.5, 0.6) is 0 Å². The average molecular weight is 317 g/mol. The van der Waals surface area contributed by atoms with E-state index in [-0.39, 0.29) is 24.4 Å². The summed E-state index contributed by atoms with van der Waals surface area (Å²) in [6, 6.07) is 8.84. The van der Waals surface area contributed by atoms with Crippen molar-refractivity contribution >= 4 is 17.8 Å². The fourth-order valence-corrected chi connectivity index (χ4v) is 2.80. The third-order valence-corrected chi connectivity index (χ3v) is 4.43. The van der Waals surface area contributed by atoms with Crippen LogP contribution >= 0.6 is 0 Å². The van der Waals surface area contributed by atoms with Crippen molar-refractivity contribution in [2.45, 2.75) is 45.2 Å². The van der Waals surface area contributed by atoms with Crippen molar-refractivity contribution in [2.75, 3.05) is 6.54 Å². The summed E-state index contributed by atoms with van der Waals surface area (Å²) in [5.41, 5.74) is 0.0945. The molecule has 6 heteroatoms. The lowest BCUT2D eigenvalue weighted by molar-refractivity contribution is -0.135. The number of urea groups is 1. The van der Waals surface area contributed by atoms with Gasteiger partial charge in [0.15, 0.2) is 0 Å². The number of benzene rings is 1. The number of amides is 4. The van der Waals surface area contributed by atoms with Crippen molar-refractivity contribution in [3.63, 3.8) is 0 Å². The molecule has 23 heavy (non-hydrogen) atoms. The zero-order valence-corrected chi connectivity index (χ0v) is 13.8. The largest absolute Gasteiger partial charge is 0.348 e. The molecule has 0 spiro atoms. The highest BCUT2D eigenvalue weighted by atomic mass is 16.2. The number of carbonyl (C=O) groups is 3. The van der Waals surface area contributed by atoms with Gasteiger partial charge in [-0.2, -0.15) is 0 Å². The summed E-state index contributed by atoms with van der Waals surface area (Å²) in [7, 11) is 0. The quantitative estimate of drug-likeness (QED) is 0.787. The lowest BCUT2D eigenvalue weighted by Crippen LogP contribution is -2.46. The smallest absolute Gasteiger partial charge is 0.325 e. The fourth-order valence-electron chi connectivity index (χ4n) is 2.80. The maximum atomic E-state index is 12.5. The van der Waals surface area contributed by atoms with Gasteiger partial charge < -0.3 is 10.6 Å². The first-order valence-corrected chi connectivity index (χ1v) is 7.92. The molecule has 1 heterocycles. The highest BCUT2D eigenvalue weighted by Crippen LogP contribution is 2.24. The van der Waals surface area contributed by atoms with Gasteiger partial charge in [0.05, 0.1) is 6.04 Å². The molecule has 1 aliphatic heterocycles. The van der Waals surface area contributed by atoms with Crippen molar-refractivity contribution < 1.29 is 14.4 Å². The molecule has 0 aliphatic carbocycles. The molecule has 124 valence electrons. The molecule has 1 fully saturated rings. The molecule has 0 bridgehead atoms. The molecule has 2 rings (SSSR count). The minimum atomic E-state index is -0.873. The van der Waals surface area contributed by atoms with Crippen LogP contribution in [0.1, 0.15) is 45.2 Å². The zero-order valence-electron chi connectivity index (χ0n) is 13.8. The first-order valence-electron chi connectivity index (χ1n) is 7.92. The van der Waals surface area contributed by atoms with Crippen LogP contribution in [0.2, 0.25) is 0 Å². The Labute approximate surface area is 136 Å². The van der Waals surface area contributed by atoms with E-state index < -0.39 is 11.6 Å². The molecule has 4 amide bonds. The second kappa shape index (κ2) is 6.81. The van der Waals surface area contributed by atoms with Gasteiger partial charge in [-0.15, -0.1) is 0 Å². The summed E-state index contributed by atoms with van der Waals surface area (Å²) in [6.07, 6.45) is 1.01. The zero-order chi connectivity index (χ0) is 17.0. The molecule has 2 N–H and O–H groups in total. The average Bonchev–Trinajstić information content (AvgIpc) is 2.80. The fraction of sp³-hybridized carbons (Fsp3) is 0.471. The molecule has 0 radical (unpaired) electrons. The highest BCUT2D eigenvalue weighted by molar-refractivity contribution is 6.09. The molecular weight excluding hydrogens is 294 g/mol. The van der Waals surface area contributed by atoms with Gasteiger partial charge in [-0.25, -0.2) is 4.79 Å². The molecule has 1 atom stereocenters. The Morgan fingerprint density at radius 2 is 1.83 bits per heavy atom. The maximum Gasteiger partial charge on any atom is 0.325 e. The molecule has 0 aromatic heterocycles. The Hall–Kier alpha value is -2.37. The number of nitrogens with one attached hydrogen (secondary N) is 2. The van der Waals surface area contributed by atoms with Crippen LogP contribution in [0.15, 0.2) is 30.3 Å². The number of imide groups is 1. The second-order valence-corrected chi connectivity index (χ2v) is 5.81. The molecule has 0 saturated carbocycles. The van der Waals surface area contributed by atoms with Crippen molar-refractivity contribution in [2.24, 2.45) is 0 Å². The minimum absolute atomic E-state index is 0.188. The Morgan fingerprint density at radius 3 is 2.35 bits per heavy atom. The van der Waals surface area contributed by atoms with Gasteiger partial charge in [-0.3, -0.25) is 14.5 Å². The molecule has 6 nitrogen and oxygen atoms in total. The molecule has 0 unspecified atom stereocenters. The third kappa shape index (κ3) is 3.36. The first kappa shape index (κ1) is 17.0. The monoisotopic (exact) mass is 317 g/mol. The van der Waals surface area contributed by atoms with Gasteiger partial charge in [0.25, 0.3) is 5.91 Å². The number of hydrogen-bond donors (Lipinski definition) is 2. The van der Waals surface area contributed by atoms with E-state index >= 15 is 0 Å². The Balaban J connectivity index is 2.00. The van der Waals surface area contributed by atoms with Crippen molar-refractivity contribution in [1.82, 2.24) is 15.5 Å². The first-order chi connectivity index (χ1) is 10.9. The molecule has 1 aliphatic rings. The van der Waals surface area contributed by atoms with E-state index in [4.69, 9.17) is 0 Å². The minimum Gasteiger partial charge on any atom is -0.348 e. The van der Waals surface area contributed by atoms with E-state index in [9.17, 15) is 14.4 Å². The number of rotatable bonds is 6. The van der Waals surface area contributed by atoms with E-state index in [1.54, 1.807) is 0 Å². The van der Waals surface area contributed by atoms with E-state index in [1.807, 2.05) is 51.1 Å². The van der Waals surface area contributed by atoms with Crippen LogP contribution in [0.4, 0.5) is 4.79 Å². The third-order valence-electron chi connectivity index (χ3n) is 4.43. The number of hydrogen-bond acceptors (Lipinski definition) is 3. The summed E-state index contributed by atoms with van der Waals surface area (Å²) in [5.74, 6) is -0.678. The SMILES string of the molecule is CCC1(CC)NC(=O)N(CC(=O)N[C@@H](C)c2ccccc2)C1=O. The van der Waals surface area contributed by atoms with Crippen molar-refractivity contribution in [1.29, 1.82) is 0 Å². The lowest BCUT2D eigenvalue weighted by Gasteiger charge is -2.23. The summed E-state index contributed by atoms with van der Waals surface area (Å²) >= 11 is 0. The normalized spacial score (nSPS) is 17.8. The van der Waals surface area contributed by atoms with Crippen LogP contribution < -0.4 is 10.6 Å². The van der Waals surface area contributed by atoms with E-state index in [1.165, 1.54) is 0 Å². The maximum absolute atomic E-state index is 12.5. The molecule has 1 aromatic carbocycles. The van der Waals surface area contributed by atoms with Crippen LogP contribution in [0.25, 0.3) is 0 Å². The van der Waals surface area contributed by atoms with E-state index in [2.05, 4.69) is 10.6 Å². The molecule has 1 saturated heterocycles. The van der Waals surface area contributed by atoms with Gasteiger partial charge >= 0.3 is 6.03 Å². The summed E-state index contributed by atoms with van der Waals surface area (Å²) in [4.78, 5) is 37.7. The van der Waals surface area contributed by atoms with Gasteiger partial charge in [0.1, 0.15) is 12.1 Å². The Morgan fingerprint density at radius 1 is 1.22 bits per heavy atom. The number of carbonyl (C=O) groups excluding carboxylic acids is 3. The predicted octanol–water partition coefficient (Wildman–Crippen LogP) is 1.97. The summed E-state index contributed by atoms with van der Waals surface area (Å²) in [6.45, 7) is 5.30. The van der Waals surface area contributed by atoms with Gasteiger partial charge in [0.2, 0.25) is 5.91 Å². The van der Waals surface area contributed by atoms with Crippen LogP contribution in [-0.2, 0) is 9.59 Å². The van der Waals surface area contributed by atoms with Crippen molar-refractivity contribution in [3.8, 4) is 0 Å². The van der Waals surface area contributed by atoms with Crippen LogP contribution in [-0.4, -0.2) is 34.8 Å². The Kier molecular flexibility index (Phi) is 5.03. The van der Waals surface area contributed by atoms with Gasteiger partial charge in [0, 0.05) is 0 Å². The Bertz CT molecular complexity index is 596. The predicted molar refractivity (Wildman–Crippen MR) is 86.6 cm³/mol. The van der Waals surface area contributed by atoms with E-state index in [0.29, 0.717) is 12.8 Å². The van der Waals surface area contributed by atoms with E-state index in [0.717, 1.165) is 10.5 Å². The van der Waals surface area contributed by atoms with Gasteiger partial charge in [-0.1, -0.05) is 44.2 Å². The van der Waals surface area contributed by atoms with Crippen LogP contribution in [0, 0.1) is 0 Å². The second-order valence-electron chi connectivity index (χ2n) is 5.81. The van der Waals surface area contributed by atoms with Crippen LogP contribution in [0.3, 0.4) is 0 Å². The highest BCUT2D eigenvalue weighted by Gasteiger charge is 2.49. The summed E-state index contributed by atoms with van der Waals surface area (Å²) in [5, 5.41) is 5.53. The molecular formula is C17H23N3O3. The van der Waals surface area contributed by atoms with Gasteiger partial charge in [-0.05, 0) is 25.3 Å². The summed E-state index contributed by atoms with van der Waals surface area (Å²) < 4.78 is 0. The number of nitrogens with zero attached hydrogens (tertiary/aromatic N) is 1.